The third kappa shape index (κ3) is 4.50. The van der Waals surface area contributed by atoms with Crippen LogP contribution >= 0.6 is 0 Å². The average molecular weight is 285 g/mol. The maximum Gasteiger partial charge on any atom is 0.253 e. The second-order valence-electron chi connectivity index (χ2n) is 4.46. The Balaban J connectivity index is 1.72. The molecular weight excluding hydrogens is 266 g/mol. The molecule has 0 fully saturated rings. The number of benzene rings is 2. The Morgan fingerprint density at radius 1 is 1.05 bits per heavy atom. The van der Waals surface area contributed by atoms with Crippen molar-refractivity contribution in [3.8, 4) is 5.75 Å². The number of nitrogen functional groups attached to an aromatic ring is 1. The number of carbonyl (C=O) groups excluding carboxylic acids is 1. The summed E-state index contributed by atoms with van der Waals surface area (Å²) >= 11 is 0. The highest BCUT2D eigenvalue weighted by molar-refractivity contribution is 5.99. The van der Waals surface area contributed by atoms with Crippen LogP contribution < -0.4 is 21.3 Å². The largest absolute Gasteiger partial charge is 0.494 e. The van der Waals surface area contributed by atoms with Gasteiger partial charge in [-0.25, -0.2) is 0 Å². The van der Waals surface area contributed by atoms with Crippen molar-refractivity contribution in [3.63, 3.8) is 0 Å². The molecule has 5 heteroatoms. The van der Waals surface area contributed by atoms with Crippen LogP contribution in [-0.4, -0.2) is 19.1 Å². The first-order valence-electron chi connectivity index (χ1n) is 6.83. The Morgan fingerprint density at radius 2 is 1.76 bits per heavy atom. The molecule has 2 aromatic rings. The van der Waals surface area contributed by atoms with Crippen LogP contribution in [0.5, 0.6) is 5.75 Å². The number of hydrogen-bond donors (Lipinski definition) is 3. The second-order valence-corrected chi connectivity index (χ2v) is 4.46. The molecular formula is C16H19N3O2. The van der Waals surface area contributed by atoms with Crippen LogP contribution in [0.4, 0.5) is 5.69 Å². The van der Waals surface area contributed by atoms with Gasteiger partial charge < -0.3 is 15.5 Å². The van der Waals surface area contributed by atoms with Crippen LogP contribution in [0, 0.1) is 0 Å². The van der Waals surface area contributed by atoms with Gasteiger partial charge in [-0.3, -0.25) is 10.6 Å². The summed E-state index contributed by atoms with van der Waals surface area (Å²) in [6.45, 7) is 1.10. The number of nitrogens with one attached hydrogen (secondary N) is 2. The highest BCUT2D eigenvalue weighted by Gasteiger charge is 2.08. The smallest absolute Gasteiger partial charge is 0.253 e. The quantitative estimate of drug-likeness (QED) is 0.414. The molecule has 0 aliphatic heterocycles. The number of amides is 1. The van der Waals surface area contributed by atoms with Gasteiger partial charge in [0.05, 0.1) is 17.9 Å². The maximum atomic E-state index is 12.0. The van der Waals surface area contributed by atoms with Crippen molar-refractivity contribution in [3.05, 3.63) is 60.2 Å². The lowest BCUT2D eigenvalue weighted by molar-refractivity contribution is 0.0952. The molecule has 0 spiro atoms. The summed E-state index contributed by atoms with van der Waals surface area (Å²) in [6.07, 6.45) is 0.735. The predicted octanol–water partition coefficient (Wildman–Crippen LogP) is 2.17. The van der Waals surface area contributed by atoms with E-state index in [1.165, 1.54) is 0 Å². The standard InChI is InChI=1S/C16H19N3O2/c17-19-15-10-5-4-9-14(15)16(20)18-11-6-12-21-13-7-2-1-3-8-13/h1-5,7-10,19H,6,11-12,17H2,(H,18,20). The lowest BCUT2D eigenvalue weighted by Gasteiger charge is -2.10. The van der Waals surface area contributed by atoms with E-state index < -0.39 is 0 Å². The van der Waals surface area contributed by atoms with Gasteiger partial charge in [0.1, 0.15) is 5.75 Å². The molecule has 110 valence electrons. The molecule has 0 aliphatic carbocycles. The molecule has 0 saturated heterocycles. The summed E-state index contributed by atoms with van der Waals surface area (Å²) in [4.78, 5) is 12.0. The number of carbonyl (C=O) groups is 1. The summed E-state index contributed by atoms with van der Waals surface area (Å²) in [5.41, 5.74) is 3.65. The van der Waals surface area contributed by atoms with Gasteiger partial charge in [0.25, 0.3) is 5.91 Å². The number of nitrogens with two attached hydrogens (primary N) is 1. The lowest BCUT2D eigenvalue weighted by Crippen LogP contribution is -2.27. The maximum absolute atomic E-state index is 12.0. The third-order valence-electron chi connectivity index (χ3n) is 2.95. The number of ether oxygens (including phenoxy) is 1. The van der Waals surface area contributed by atoms with E-state index in [-0.39, 0.29) is 5.91 Å². The topological polar surface area (TPSA) is 76.4 Å². The van der Waals surface area contributed by atoms with Crippen LogP contribution in [0.15, 0.2) is 54.6 Å². The molecule has 1 amide bonds. The fraction of sp³-hybridized carbons (Fsp3) is 0.188. The Hall–Kier alpha value is -2.53. The molecule has 0 aliphatic rings. The van der Waals surface area contributed by atoms with Gasteiger partial charge in [0.15, 0.2) is 0 Å². The molecule has 0 saturated carbocycles. The van der Waals surface area contributed by atoms with E-state index in [1.807, 2.05) is 36.4 Å². The van der Waals surface area contributed by atoms with Gasteiger partial charge in [0.2, 0.25) is 0 Å². The molecule has 2 aromatic carbocycles. The minimum Gasteiger partial charge on any atom is -0.494 e. The second kappa shape index (κ2) is 7.91. The molecule has 0 atom stereocenters. The van der Waals surface area contributed by atoms with Crippen LogP contribution in [0.25, 0.3) is 0 Å². The van der Waals surface area contributed by atoms with Crippen molar-refractivity contribution >= 4 is 11.6 Å². The SMILES string of the molecule is NNc1ccccc1C(=O)NCCCOc1ccccc1. The molecule has 0 heterocycles. The van der Waals surface area contributed by atoms with Crippen molar-refractivity contribution in [1.29, 1.82) is 0 Å². The van der Waals surface area contributed by atoms with Gasteiger partial charge >= 0.3 is 0 Å². The minimum atomic E-state index is -0.150. The highest BCUT2D eigenvalue weighted by Crippen LogP contribution is 2.13. The van der Waals surface area contributed by atoms with Crippen molar-refractivity contribution in [2.45, 2.75) is 6.42 Å². The van der Waals surface area contributed by atoms with Crippen LogP contribution in [0.2, 0.25) is 0 Å². The summed E-state index contributed by atoms with van der Waals surface area (Å²) in [7, 11) is 0. The summed E-state index contributed by atoms with van der Waals surface area (Å²) in [5.74, 6) is 6.06. The molecule has 0 radical (unpaired) electrons. The first-order chi connectivity index (χ1) is 10.3. The summed E-state index contributed by atoms with van der Waals surface area (Å²) in [5, 5.41) is 2.85. The first kappa shape index (κ1) is 14.9. The summed E-state index contributed by atoms with van der Waals surface area (Å²) < 4.78 is 5.55. The molecule has 0 aromatic heterocycles. The molecule has 2 rings (SSSR count). The average Bonchev–Trinajstić information content (AvgIpc) is 2.55. The first-order valence-corrected chi connectivity index (χ1v) is 6.83. The van der Waals surface area contributed by atoms with Gasteiger partial charge in [0, 0.05) is 6.54 Å². The Labute approximate surface area is 124 Å². The minimum absolute atomic E-state index is 0.150. The highest BCUT2D eigenvalue weighted by atomic mass is 16.5. The van der Waals surface area contributed by atoms with Gasteiger partial charge in [-0.15, -0.1) is 0 Å². The van der Waals surface area contributed by atoms with Gasteiger partial charge in [-0.2, -0.15) is 0 Å². The van der Waals surface area contributed by atoms with Crippen LogP contribution in [0.3, 0.4) is 0 Å². The van der Waals surface area contributed by atoms with E-state index in [9.17, 15) is 4.79 Å². The number of rotatable bonds is 7. The molecule has 0 bridgehead atoms. The van der Waals surface area contributed by atoms with Gasteiger partial charge in [-0.05, 0) is 30.7 Å². The van der Waals surface area contributed by atoms with Crippen molar-refractivity contribution in [1.82, 2.24) is 5.32 Å². The zero-order valence-corrected chi connectivity index (χ0v) is 11.7. The third-order valence-corrected chi connectivity index (χ3v) is 2.95. The van der Waals surface area contributed by atoms with Crippen molar-refractivity contribution in [2.24, 2.45) is 5.84 Å². The van der Waals surface area contributed by atoms with Gasteiger partial charge in [-0.1, -0.05) is 30.3 Å². The molecule has 4 N–H and O–H groups in total. The predicted molar refractivity (Wildman–Crippen MR) is 83.1 cm³/mol. The fourth-order valence-electron chi connectivity index (χ4n) is 1.88. The van der Waals surface area contributed by atoms with E-state index in [0.717, 1.165) is 12.2 Å². The molecule has 5 nitrogen and oxygen atoms in total. The molecule has 0 unspecified atom stereocenters. The van der Waals surface area contributed by atoms with E-state index in [4.69, 9.17) is 10.6 Å². The van der Waals surface area contributed by atoms with Crippen molar-refractivity contribution in [2.75, 3.05) is 18.6 Å². The monoisotopic (exact) mass is 285 g/mol. The van der Waals surface area contributed by atoms with Crippen molar-refractivity contribution < 1.29 is 9.53 Å². The van der Waals surface area contributed by atoms with E-state index >= 15 is 0 Å². The Kier molecular flexibility index (Phi) is 5.60. The Morgan fingerprint density at radius 3 is 2.52 bits per heavy atom. The zero-order chi connectivity index (χ0) is 14.9. The number of hydrazine groups is 1. The number of hydrogen-bond acceptors (Lipinski definition) is 4. The zero-order valence-electron chi connectivity index (χ0n) is 11.7. The number of para-hydroxylation sites is 2. The van der Waals surface area contributed by atoms with Crippen LogP contribution in [0.1, 0.15) is 16.8 Å². The van der Waals surface area contributed by atoms with E-state index in [2.05, 4.69) is 10.7 Å². The van der Waals surface area contributed by atoms with E-state index in [1.54, 1.807) is 18.2 Å². The van der Waals surface area contributed by atoms with Crippen LogP contribution in [-0.2, 0) is 0 Å². The molecule has 21 heavy (non-hydrogen) atoms. The lowest BCUT2D eigenvalue weighted by atomic mass is 10.1. The van der Waals surface area contributed by atoms with E-state index in [0.29, 0.717) is 24.4 Å². The Bertz CT molecular complexity index is 573. The summed E-state index contributed by atoms with van der Waals surface area (Å²) in [6, 6.07) is 16.7. The fourth-order valence-corrected chi connectivity index (χ4v) is 1.88. The normalized spacial score (nSPS) is 9.95. The number of anilines is 1.